The first-order valence-corrected chi connectivity index (χ1v) is 6.65. The van der Waals surface area contributed by atoms with Crippen molar-refractivity contribution in [2.75, 3.05) is 5.32 Å². The Morgan fingerprint density at radius 2 is 1.91 bits per heavy atom. The molecule has 0 aliphatic heterocycles. The van der Waals surface area contributed by atoms with Crippen LogP contribution in [0.2, 0.25) is 0 Å². The standard InChI is InChI=1S/C15H11F2N5O/c1-9-5-6-10(7-13(9)22-8-18-20-21-22)19-15(23)14-11(16)3-2-4-12(14)17/h2-8H,1H3,(H,19,23). The van der Waals surface area contributed by atoms with E-state index in [0.717, 1.165) is 17.7 Å². The molecule has 0 radical (unpaired) electrons. The molecule has 3 rings (SSSR count). The molecule has 0 bridgehead atoms. The van der Waals surface area contributed by atoms with E-state index in [2.05, 4.69) is 20.8 Å². The lowest BCUT2D eigenvalue weighted by atomic mass is 10.1. The van der Waals surface area contributed by atoms with Crippen LogP contribution in [-0.2, 0) is 0 Å². The van der Waals surface area contributed by atoms with Gasteiger partial charge in [0.25, 0.3) is 5.91 Å². The summed E-state index contributed by atoms with van der Waals surface area (Å²) in [5.74, 6) is -2.71. The number of amides is 1. The van der Waals surface area contributed by atoms with Gasteiger partial charge in [-0.2, -0.15) is 0 Å². The van der Waals surface area contributed by atoms with Crippen molar-refractivity contribution < 1.29 is 13.6 Å². The molecule has 1 amide bonds. The van der Waals surface area contributed by atoms with E-state index in [1.807, 2.05) is 6.92 Å². The van der Waals surface area contributed by atoms with Crippen molar-refractivity contribution in [3.05, 3.63) is 65.5 Å². The third-order valence-electron chi connectivity index (χ3n) is 3.25. The van der Waals surface area contributed by atoms with Crippen LogP contribution in [0.25, 0.3) is 5.69 Å². The Kier molecular flexibility index (Phi) is 3.80. The molecule has 116 valence electrons. The maximum absolute atomic E-state index is 13.6. The van der Waals surface area contributed by atoms with Gasteiger partial charge in [0.2, 0.25) is 0 Å². The molecule has 2 aromatic carbocycles. The molecule has 23 heavy (non-hydrogen) atoms. The second-order valence-electron chi connectivity index (χ2n) is 4.81. The Hall–Kier alpha value is -3.16. The molecule has 0 unspecified atom stereocenters. The van der Waals surface area contributed by atoms with Crippen molar-refractivity contribution in [3.63, 3.8) is 0 Å². The minimum atomic E-state index is -0.921. The van der Waals surface area contributed by atoms with Crippen molar-refractivity contribution >= 4 is 11.6 Å². The number of nitrogens with zero attached hydrogens (tertiary/aromatic N) is 4. The molecule has 8 heteroatoms. The van der Waals surface area contributed by atoms with E-state index < -0.39 is 23.1 Å². The number of halogens is 2. The van der Waals surface area contributed by atoms with E-state index in [4.69, 9.17) is 0 Å². The molecule has 0 aliphatic rings. The van der Waals surface area contributed by atoms with E-state index in [-0.39, 0.29) is 0 Å². The van der Waals surface area contributed by atoms with Crippen LogP contribution in [0.15, 0.2) is 42.7 Å². The number of carbonyl (C=O) groups is 1. The van der Waals surface area contributed by atoms with Crippen LogP contribution in [0, 0.1) is 18.6 Å². The van der Waals surface area contributed by atoms with Crippen molar-refractivity contribution in [2.45, 2.75) is 6.92 Å². The second kappa shape index (κ2) is 5.91. The summed E-state index contributed by atoms with van der Waals surface area (Å²) in [5, 5.41) is 13.3. The van der Waals surface area contributed by atoms with Gasteiger partial charge in [-0.15, -0.1) is 5.10 Å². The monoisotopic (exact) mass is 315 g/mol. The number of hydrogen-bond donors (Lipinski definition) is 1. The fourth-order valence-corrected chi connectivity index (χ4v) is 2.11. The van der Waals surface area contributed by atoms with Gasteiger partial charge in [0.05, 0.1) is 5.69 Å². The first kappa shape index (κ1) is 14.8. The molecule has 3 aromatic rings. The highest BCUT2D eigenvalue weighted by molar-refractivity contribution is 6.04. The topological polar surface area (TPSA) is 72.7 Å². The molecule has 1 aromatic heterocycles. The Bertz CT molecular complexity index is 844. The first-order chi connectivity index (χ1) is 11.1. The van der Waals surface area contributed by atoms with Gasteiger partial charge in [-0.3, -0.25) is 4.79 Å². The Morgan fingerprint density at radius 1 is 1.17 bits per heavy atom. The molecule has 1 N–H and O–H groups in total. The third kappa shape index (κ3) is 2.91. The Labute approximate surface area is 129 Å². The summed E-state index contributed by atoms with van der Waals surface area (Å²) >= 11 is 0. The number of aromatic nitrogens is 4. The van der Waals surface area contributed by atoms with E-state index in [0.29, 0.717) is 11.4 Å². The molecule has 0 atom stereocenters. The number of nitrogens with one attached hydrogen (secondary N) is 1. The summed E-state index contributed by atoms with van der Waals surface area (Å²) < 4.78 is 28.7. The number of rotatable bonds is 3. The number of aryl methyl sites for hydroxylation is 1. The van der Waals surface area contributed by atoms with Crippen molar-refractivity contribution in [2.24, 2.45) is 0 Å². The number of carbonyl (C=O) groups excluding carboxylic acids is 1. The number of benzene rings is 2. The van der Waals surface area contributed by atoms with E-state index >= 15 is 0 Å². The van der Waals surface area contributed by atoms with E-state index in [1.165, 1.54) is 17.1 Å². The molecule has 6 nitrogen and oxygen atoms in total. The molecule has 0 saturated carbocycles. The quantitative estimate of drug-likeness (QED) is 0.806. The van der Waals surface area contributed by atoms with Gasteiger partial charge in [0.15, 0.2) is 0 Å². The summed E-state index contributed by atoms with van der Waals surface area (Å²) in [6.45, 7) is 1.85. The van der Waals surface area contributed by atoms with Crippen molar-refractivity contribution in [1.29, 1.82) is 0 Å². The average Bonchev–Trinajstić information content (AvgIpc) is 3.03. The highest BCUT2D eigenvalue weighted by Crippen LogP contribution is 2.20. The van der Waals surface area contributed by atoms with E-state index in [1.54, 1.807) is 18.2 Å². The zero-order valence-electron chi connectivity index (χ0n) is 12.0. The minimum Gasteiger partial charge on any atom is -0.322 e. The lowest BCUT2D eigenvalue weighted by Crippen LogP contribution is -2.16. The van der Waals surface area contributed by atoms with Crippen LogP contribution in [0.4, 0.5) is 14.5 Å². The summed E-state index contributed by atoms with van der Waals surface area (Å²) in [7, 11) is 0. The number of tetrazole rings is 1. The number of anilines is 1. The molecule has 0 spiro atoms. The fraction of sp³-hybridized carbons (Fsp3) is 0.0667. The van der Waals surface area contributed by atoms with Gasteiger partial charge in [-0.1, -0.05) is 12.1 Å². The summed E-state index contributed by atoms with van der Waals surface area (Å²) in [5.41, 5.74) is 1.25. The zero-order chi connectivity index (χ0) is 16.4. The van der Waals surface area contributed by atoms with E-state index in [9.17, 15) is 13.6 Å². The fourth-order valence-electron chi connectivity index (χ4n) is 2.11. The van der Waals surface area contributed by atoms with Gasteiger partial charge in [-0.05, 0) is 47.2 Å². The number of hydrogen-bond acceptors (Lipinski definition) is 4. The first-order valence-electron chi connectivity index (χ1n) is 6.65. The zero-order valence-corrected chi connectivity index (χ0v) is 12.0. The lowest BCUT2D eigenvalue weighted by molar-refractivity contribution is 0.101. The van der Waals surface area contributed by atoms with Crippen LogP contribution in [-0.4, -0.2) is 26.1 Å². The normalized spacial score (nSPS) is 10.6. The molecule has 0 aliphatic carbocycles. The SMILES string of the molecule is Cc1ccc(NC(=O)c2c(F)cccc2F)cc1-n1cnnn1. The molecule has 1 heterocycles. The Morgan fingerprint density at radius 3 is 2.57 bits per heavy atom. The van der Waals surface area contributed by atoms with Crippen LogP contribution >= 0.6 is 0 Å². The lowest BCUT2D eigenvalue weighted by Gasteiger charge is -2.10. The smallest absolute Gasteiger partial charge is 0.261 e. The molecular weight excluding hydrogens is 304 g/mol. The molecule has 0 saturated heterocycles. The van der Waals surface area contributed by atoms with Gasteiger partial charge in [-0.25, -0.2) is 13.5 Å². The van der Waals surface area contributed by atoms with Crippen molar-refractivity contribution in [3.8, 4) is 5.69 Å². The third-order valence-corrected chi connectivity index (χ3v) is 3.25. The van der Waals surface area contributed by atoms with Crippen LogP contribution in [0.1, 0.15) is 15.9 Å². The highest BCUT2D eigenvalue weighted by Gasteiger charge is 2.17. The van der Waals surface area contributed by atoms with Crippen LogP contribution in [0.3, 0.4) is 0 Å². The largest absolute Gasteiger partial charge is 0.322 e. The predicted molar refractivity (Wildman–Crippen MR) is 78.2 cm³/mol. The highest BCUT2D eigenvalue weighted by atomic mass is 19.1. The minimum absolute atomic E-state index is 0.369. The Balaban J connectivity index is 1.92. The van der Waals surface area contributed by atoms with Crippen molar-refractivity contribution in [1.82, 2.24) is 20.2 Å². The van der Waals surface area contributed by atoms with Gasteiger partial charge < -0.3 is 5.32 Å². The summed E-state index contributed by atoms with van der Waals surface area (Å²) in [4.78, 5) is 12.1. The van der Waals surface area contributed by atoms with Crippen LogP contribution in [0.5, 0.6) is 0 Å². The van der Waals surface area contributed by atoms with Gasteiger partial charge >= 0.3 is 0 Å². The second-order valence-corrected chi connectivity index (χ2v) is 4.81. The van der Waals surface area contributed by atoms with Crippen LogP contribution < -0.4 is 5.32 Å². The predicted octanol–water partition coefficient (Wildman–Crippen LogP) is 2.50. The summed E-state index contributed by atoms with van der Waals surface area (Å²) in [6.07, 6.45) is 1.41. The maximum atomic E-state index is 13.6. The molecule has 0 fully saturated rings. The average molecular weight is 315 g/mol. The maximum Gasteiger partial charge on any atom is 0.261 e. The van der Waals surface area contributed by atoms with Gasteiger partial charge in [0.1, 0.15) is 23.5 Å². The summed E-state index contributed by atoms with van der Waals surface area (Å²) in [6, 6.07) is 8.23. The molecular formula is C15H11F2N5O. The van der Waals surface area contributed by atoms with Gasteiger partial charge in [0, 0.05) is 5.69 Å².